The maximum atomic E-state index is 8.97. The minimum absolute atomic E-state index is 0.527. The van der Waals surface area contributed by atoms with Gasteiger partial charge < -0.3 is 10.2 Å². The van der Waals surface area contributed by atoms with E-state index in [1.807, 2.05) is 0 Å². The smallest absolute Gasteiger partial charge is 0.210 e. The Labute approximate surface area is 73.0 Å². The fraction of sp³-hybridized carbons (Fsp3) is 1.00. The van der Waals surface area contributed by atoms with Crippen LogP contribution in [0.1, 0.15) is 27.7 Å². The van der Waals surface area contributed by atoms with Gasteiger partial charge >= 0.3 is 0 Å². The van der Waals surface area contributed by atoms with Gasteiger partial charge in [0.25, 0.3) is 0 Å². The summed E-state index contributed by atoms with van der Waals surface area (Å²) in [6.45, 7) is 7.78. The summed E-state index contributed by atoms with van der Waals surface area (Å²) in [4.78, 5) is 0. The zero-order valence-corrected chi connectivity index (χ0v) is 8.48. The Morgan fingerprint density at radius 3 is 2.00 bits per heavy atom. The molecule has 0 radical (unpaired) electrons. The molecular weight excluding hydrogens is 160 g/mol. The first-order chi connectivity index (χ1) is 4.83. The predicted octanol–water partition coefficient (Wildman–Crippen LogP) is 1.67. The molecule has 0 fully saturated rings. The summed E-state index contributed by atoms with van der Waals surface area (Å²) >= 11 is 1.18. The van der Waals surface area contributed by atoms with E-state index in [1.165, 1.54) is 18.7 Å². The van der Waals surface area contributed by atoms with Crippen molar-refractivity contribution in [3.8, 4) is 0 Å². The van der Waals surface area contributed by atoms with E-state index in [-0.39, 0.29) is 0 Å². The molecule has 68 valence electrons. The molecule has 0 aromatic heterocycles. The molecule has 0 rings (SSSR count). The third-order valence-corrected chi connectivity index (χ3v) is 3.00. The molecule has 0 spiro atoms. The van der Waals surface area contributed by atoms with Crippen LogP contribution in [0.4, 0.5) is 0 Å². The van der Waals surface area contributed by atoms with Crippen LogP contribution < -0.4 is 0 Å². The minimum Gasteiger partial charge on any atom is -0.357 e. The second-order valence-corrected chi connectivity index (χ2v) is 4.86. The highest BCUT2D eigenvalue weighted by atomic mass is 32.2. The van der Waals surface area contributed by atoms with Gasteiger partial charge in [0.2, 0.25) is 5.12 Å². The summed E-state index contributed by atoms with van der Waals surface area (Å²) in [5, 5.41) is 16.4. The number of thioether (sulfide) groups is 1. The van der Waals surface area contributed by atoms with Gasteiger partial charge in [0, 0.05) is 5.75 Å². The number of hydrogen-bond donors (Lipinski definition) is 2. The average Bonchev–Trinajstić information content (AvgIpc) is 1.80. The summed E-state index contributed by atoms with van der Waals surface area (Å²) in [5.41, 5.74) is 0. The van der Waals surface area contributed by atoms with Gasteiger partial charge in [0.1, 0.15) is 0 Å². The van der Waals surface area contributed by atoms with E-state index in [1.54, 1.807) is 0 Å². The normalized spacial score (nSPS) is 15.5. The van der Waals surface area contributed by atoms with Crippen molar-refractivity contribution in [2.45, 2.75) is 32.8 Å². The van der Waals surface area contributed by atoms with Crippen molar-refractivity contribution >= 4 is 11.8 Å². The van der Waals surface area contributed by atoms with Gasteiger partial charge in [-0.15, -0.1) is 0 Å². The largest absolute Gasteiger partial charge is 0.357 e. The maximum absolute atomic E-state index is 8.97. The molecule has 2 N–H and O–H groups in total. The molecule has 0 aliphatic heterocycles. The fourth-order valence-electron chi connectivity index (χ4n) is 0.482. The van der Waals surface area contributed by atoms with Crippen LogP contribution in [0, 0.1) is 11.8 Å². The summed E-state index contributed by atoms with van der Waals surface area (Å²) in [5.74, 6) is 1.92. The summed E-state index contributed by atoms with van der Waals surface area (Å²) < 4.78 is 0. The Morgan fingerprint density at radius 1 is 1.27 bits per heavy atom. The van der Waals surface area contributed by atoms with E-state index < -0.39 is 5.12 Å². The monoisotopic (exact) mass is 178 g/mol. The van der Waals surface area contributed by atoms with Gasteiger partial charge in [-0.2, -0.15) is 0 Å². The second-order valence-electron chi connectivity index (χ2n) is 3.47. The highest BCUT2D eigenvalue weighted by Crippen LogP contribution is 2.23. The molecule has 1 unspecified atom stereocenters. The third-order valence-electron chi connectivity index (χ3n) is 1.76. The number of rotatable bonds is 4. The number of hydrogen-bond acceptors (Lipinski definition) is 3. The highest BCUT2D eigenvalue weighted by molar-refractivity contribution is 8.00. The topological polar surface area (TPSA) is 40.5 Å². The zero-order chi connectivity index (χ0) is 9.07. The Hall–Kier alpha value is 0.270. The van der Waals surface area contributed by atoms with E-state index in [9.17, 15) is 0 Å². The lowest BCUT2D eigenvalue weighted by Gasteiger charge is -2.20. The van der Waals surface area contributed by atoms with Crippen LogP contribution in [0.2, 0.25) is 0 Å². The first-order valence-electron chi connectivity index (χ1n) is 3.91. The van der Waals surface area contributed by atoms with E-state index in [0.717, 1.165) is 5.75 Å². The second kappa shape index (κ2) is 4.33. The molecule has 0 aromatic rings. The molecule has 0 aliphatic carbocycles. The Balaban J connectivity index is 3.54. The fourth-order valence-corrected chi connectivity index (χ4v) is 1.45. The van der Waals surface area contributed by atoms with Crippen molar-refractivity contribution in [2.24, 2.45) is 11.8 Å². The minimum atomic E-state index is -1.57. The van der Waals surface area contributed by atoms with Crippen molar-refractivity contribution < 1.29 is 10.2 Å². The van der Waals surface area contributed by atoms with Crippen LogP contribution in [0.25, 0.3) is 0 Å². The molecule has 0 bridgehead atoms. The van der Waals surface area contributed by atoms with Gasteiger partial charge in [-0.1, -0.05) is 32.5 Å². The zero-order valence-electron chi connectivity index (χ0n) is 7.66. The van der Waals surface area contributed by atoms with Crippen LogP contribution in [-0.4, -0.2) is 21.1 Å². The SMILES string of the molecule is CC(C)C(C)CSC(C)(O)O. The van der Waals surface area contributed by atoms with E-state index in [0.29, 0.717) is 11.8 Å². The molecule has 0 amide bonds. The van der Waals surface area contributed by atoms with Crippen molar-refractivity contribution in [3.05, 3.63) is 0 Å². The predicted molar refractivity (Wildman–Crippen MR) is 49.3 cm³/mol. The van der Waals surface area contributed by atoms with E-state index >= 15 is 0 Å². The maximum Gasteiger partial charge on any atom is 0.210 e. The van der Waals surface area contributed by atoms with Crippen LogP contribution in [0.15, 0.2) is 0 Å². The summed E-state index contributed by atoms with van der Waals surface area (Å²) in [7, 11) is 0. The van der Waals surface area contributed by atoms with E-state index in [2.05, 4.69) is 20.8 Å². The molecule has 2 nitrogen and oxygen atoms in total. The Kier molecular flexibility index (Phi) is 4.44. The molecule has 1 atom stereocenters. The average molecular weight is 178 g/mol. The van der Waals surface area contributed by atoms with Crippen LogP contribution in [0.3, 0.4) is 0 Å². The number of aliphatic hydroxyl groups is 2. The molecule has 0 aromatic carbocycles. The Morgan fingerprint density at radius 2 is 1.73 bits per heavy atom. The molecule has 11 heavy (non-hydrogen) atoms. The van der Waals surface area contributed by atoms with Gasteiger partial charge in [-0.3, -0.25) is 0 Å². The van der Waals surface area contributed by atoms with Gasteiger partial charge in [-0.25, -0.2) is 0 Å². The van der Waals surface area contributed by atoms with Crippen LogP contribution in [-0.2, 0) is 0 Å². The quantitative estimate of drug-likeness (QED) is 0.643. The van der Waals surface area contributed by atoms with Crippen LogP contribution >= 0.6 is 11.8 Å². The highest BCUT2D eigenvalue weighted by Gasteiger charge is 2.18. The van der Waals surface area contributed by atoms with Crippen LogP contribution in [0.5, 0.6) is 0 Å². The molecule has 0 aliphatic rings. The lowest BCUT2D eigenvalue weighted by Crippen LogP contribution is -2.20. The molecule has 0 saturated carbocycles. The summed E-state index contributed by atoms with van der Waals surface area (Å²) in [6, 6.07) is 0. The first kappa shape index (κ1) is 11.3. The third kappa shape index (κ3) is 6.66. The molecule has 0 heterocycles. The lowest BCUT2D eigenvalue weighted by atomic mass is 10.0. The van der Waals surface area contributed by atoms with E-state index in [4.69, 9.17) is 10.2 Å². The van der Waals surface area contributed by atoms with Crippen molar-refractivity contribution in [1.29, 1.82) is 0 Å². The Bertz CT molecular complexity index is 107. The molecule has 3 heteroatoms. The first-order valence-corrected chi connectivity index (χ1v) is 4.90. The summed E-state index contributed by atoms with van der Waals surface area (Å²) in [6.07, 6.45) is 0. The van der Waals surface area contributed by atoms with Crippen molar-refractivity contribution in [3.63, 3.8) is 0 Å². The van der Waals surface area contributed by atoms with Gasteiger partial charge in [-0.05, 0) is 18.8 Å². The van der Waals surface area contributed by atoms with Gasteiger partial charge in [0.05, 0.1) is 0 Å². The van der Waals surface area contributed by atoms with Crippen molar-refractivity contribution in [2.75, 3.05) is 5.75 Å². The molecule has 0 saturated heterocycles. The molecular formula is C8H18O2S. The van der Waals surface area contributed by atoms with Gasteiger partial charge in [0.15, 0.2) is 0 Å². The van der Waals surface area contributed by atoms with Crippen molar-refractivity contribution in [1.82, 2.24) is 0 Å². The standard InChI is InChI=1S/C8H18O2S/c1-6(2)7(3)5-11-8(4,9)10/h6-7,9-10H,5H2,1-4H3. The lowest BCUT2D eigenvalue weighted by molar-refractivity contribution is -0.0590.